The van der Waals surface area contributed by atoms with E-state index in [1.54, 1.807) is 26.8 Å². The van der Waals surface area contributed by atoms with Crippen molar-refractivity contribution in [1.29, 1.82) is 0 Å². The molecule has 0 aliphatic carbocycles. The summed E-state index contributed by atoms with van der Waals surface area (Å²) in [5, 5.41) is 4.61. The van der Waals surface area contributed by atoms with E-state index in [0.29, 0.717) is 28.5 Å². The largest absolute Gasteiger partial charge is 0.496 e. The first-order valence-corrected chi connectivity index (χ1v) is 6.52. The van der Waals surface area contributed by atoms with Crippen LogP contribution in [-0.2, 0) is 4.74 Å². The Hall–Kier alpha value is -2.37. The molecule has 0 unspecified atom stereocenters. The molecule has 6 heteroatoms. The minimum atomic E-state index is -0.622. The summed E-state index contributed by atoms with van der Waals surface area (Å²) in [6.07, 6.45) is 1.59. The van der Waals surface area contributed by atoms with Crippen LogP contribution in [0, 0.1) is 6.92 Å². The fraction of sp³-hybridized carbons (Fsp3) is 0.400. The molecule has 1 heterocycles. The summed E-state index contributed by atoms with van der Waals surface area (Å²) < 4.78 is 11.7. The van der Waals surface area contributed by atoms with Crippen molar-refractivity contribution < 1.29 is 19.1 Å². The van der Waals surface area contributed by atoms with Crippen molar-refractivity contribution in [3.63, 3.8) is 0 Å². The molecule has 0 aliphatic rings. The van der Waals surface area contributed by atoms with Gasteiger partial charge in [0.05, 0.1) is 24.4 Å². The Labute approximate surface area is 122 Å². The van der Waals surface area contributed by atoms with Gasteiger partial charge in [-0.3, -0.25) is 4.79 Å². The summed E-state index contributed by atoms with van der Waals surface area (Å²) in [6.45, 7) is 7.16. The monoisotopic (exact) mass is 290 g/mol. The maximum Gasteiger partial charge on any atom is 0.435 e. The lowest BCUT2D eigenvalue weighted by Gasteiger charge is -2.19. The Morgan fingerprint density at radius 3 is 2.57 bits per heavy atom. The van der Waals surface area contributed by atoms with Crippen LogP contribution in [0.3, 0.4) is 0 Å². The number of benzene rings is 1. The average Bonchev–Trinajstić information content (AvgIpc) is 2.81. The van der Waals surface area contributed by atoms with E-state index in [1.165, 1.54) is 18.0 Å². The molecule has 0 N–H and O–H groups in total. The Morgan fingerprint density at radius 1 is 1.38 bits per heavy atom. The molecule has 0 bridgehead atoms. The number of rotatable bonds is 2. The topological polar surface area (TPSA) is 70.4 Å². The van der Waals surface area contributed by atoms with E-state index in [2.05, 4.69) is 5.10 Å². The fourth-order valence-corrected chi connectivity index (χ4v) is 2.13. The highest BCUT2D eigenvalue weighted by molar-refractivity contribution is 6.03. The van der Waals surface area contributed by atoms with Crippen molar-refractivity contribution >= 4 is 23.3 Å². The van der Waals surface area contributed by atoms with E-state index in [-0.39, 0.29) is 0 Å². The van der Waals surface area contributed by atoms with Crippen molar-refractivity contribution in [3.05, 3.63) is 23.4 Å². The van der Waals surface area contributed by atoms with Crippen molar-refractivity contribution in [2.75, 3.05) is 7.11 Å². The lowest BCUT2D eigenvalue weighted by atomic mass is 10.1. The van der Waals surface area contributed by atoms with Crippen LogP contribution in [0.1, 0.15) is 36.7 Å². The third-order valence-electron chi connectivity index (χ3n) is 2.95. The highest BCUT2D eigenvalue weighted by Gasteiger charge is 2.23. The summed E-state index contributed by atoms with van der Waals surface area (Å²) in [5.41, 5.74) is 1.07. The van der Waals surface area contributed by atoms with Gasteiger partial charge >= 0.3 is 6.09 Å². The third kappa shape index (κ3) is 2.74. The van der Waals surface area contributed by atoms with E-state index < -0.39 is 11.7 Å². The lowest BCUT2D eigenvalue weighted by Crippen LogP contribution is -2.27. The number of carbonyl (C=O) groups is 2. The van der Waals surface area contributed by atoms with Crippen LogP contribution in [-0.4, -0.2) is 34.9 Å². The summed E-state index contributed by atoms with van der Waals surface area (Å²) in [5.74, 6) is 0.457. The quantitative estimate of drug-likeness (QED) is 0.795. The molecular formula is C15H18N2O4. The minimum absolute atomic E-state index is 0.368. The van der Waals surface area contributed by atoms with E-state index in [4.69, 9.17) is 9.47 Å². The maximum absolute atomic E-state index is 12.2. The van der Waals surface area contributed by atoms with Gasteiger partial charge in [-0.1, -0.05) is 0 Å². The molecule has 21 heavy (non-hydrogen) atoms. The summed E-state index contributed by atoms with van der Waals surface area (Å²) in [6, 6.07) is 1.70. The average molecular weight is 290 g/mol. The van der Waals surface area contributed by atoms with Crippen LogP contribution < -0.4 is 4.74 Å². The molecule has 0 saturated heterocycles. The summed E-state index contributed by atoms with van der Waals surface area (Å²) >= 11 is 0. The molecule has 0 atom stereocenters. The summed E-state index contributed by atoms with van der Waals surface area (Å²) in [4.78, 5) is 23.5. The second kappa shape index (κ2) is 5.20. The summed E-state index contributed by atoms with van der Waals surface area (Å²) in [7, 11) is 1.49. The number of hydrogen-bond donors (Lipinski definition) is 0. The minimum Gasteiger partial charge on any atom is -0.496 e. The molecule has 2 rings (SSSR count). The van der Waals surface area contributed by atoms with Gasteiger partial charge in [0.1, 0.15) is 11.4 Å². The zero-order chi connectivity index (χ0) is 15.8. The Balaban J connectivity index is 2.64. The van der Waals surface area contributed by atoms with Crippen LogP contribution in [0.15, 0.2) is 12.3 Å². The van der Waals surface area contributed by atoms with Gasteiger partial charge in [-0.05, 0) is 39.3 Å². The Kier molecular flexibility index (Phi) is 3.72. The number of aryl methyl sites for hydroxylation is 1. The molecule has 0 aliphatic heterocycles. The number of carbonyl (C=O) groups excluding carboxylic acids is 2. The molecule has 1 aromatic carbocycles. The number of methoxy groups -OCH3 is 1. The smallest absolute Gasteiger partial charge is 0.435 e. The SMILES string of the molecule is COc1cc(C)c2c(cnn2C(=O)OC(C)(C)C)c1C=O. The fourth-order valence-electron chi connectivity index (χ4n) is 2.13. The number of aromatic nitrogens is 2. The number of fused-ring (bicyclic) bond motifs is 1. The van der Waals surface area contributed by atoms with Gasteiger partial charge in [-0.15, -0.1) is 0 Å². The van der Waals surface area contributed by atoms with E-state index in [0.717, 1.165) is 5.56 Å². The van der Waals surface area contributed by atoms with Gasteiger partial charge in [0.15, 0.2) is 6.29 Å². The van der Waals surface area contributed by atoms with Gasteiger partial charge in [-0.25, -0.2) is 4.79 Å². The molecule has 112 valence electrons. The number of hydrogen-bond acceptors (Lipinski definition) is 5. The Morgan fingerprint density at radius 2 is 2.05 bits per heavy atom. The number of nitrogens with zero attached hydrogens (tertiary/aromatic N) is 2. The van der Waals surface area contributed by atoms with Crippen LogP contribution in [0.25, 0.3) is 10.9 Å². The molecule has 0 radical (unpaired) electrons. The molecular weight excluding hydrogens is 272 g/mol. The first-order valence-electron chi connectivity index (χ1n) is 6.52. The number of ether oxygens (including phenoxy) is 2. The van der Waals surface area contributed by atoms with Gasteiger partial charge in [0, 0.05) is 5.39 Å². The maximum atomic E-state index is 12.2. The van der Waals surface area contributed by atoms with Gasteiger partial charge in [0.2, 0.25) is 0 Å². The van der Waals surface area contributed by atoms with Gasteiger partial charge < -0.3 is 9.47 Å². The predicted molar refractivity (Wildman–Crippen MR) is 78.0 cm³/mol. The van der Waals surface area contributed by atoms with Crippen LogP contribution in [0.2, 0.25) is 0 Å². The van der Waals surface area contributed by atoms with Crippen molar-refractivity contribution in [3.8, 4) is 5.75 Å². The van der Waals surface area contributed by atoms with E-state index in [9.17, 15) is 9.59 Å². The molecule has 1 aromatic heterocycles. The first kappa shape index (κ1) is 15.0. The molecule has 0 amide bonds. The van der Waals surface area contributed by atoms with Crippen LogP contribution >= 0.6 is 0 Å². The van der Waals surface area contributed by atoms with Crippen molar-refractivity contribution in [2.24, 2.45) is 0 Å². The van der Waals surface area contributed by atoms with Crippen LogP contribution in [0.4, 0.5) is 4.79 Å². The molecule has 0 spiro atoms. The zero-order valence-corrected chi connectivity index (χ0v) is 12.8. The number of aldehydes is 1. The second-order valence-electron chi connectivity index (χ2n) is 5.73. The lowest BCUT2D eigenvalue weighted by molar-refractivity contribution is 0.0522. The first-order chi connectivity index (χ1) is 9.78. The third-order valence-corrected chi connectivity index (χ3v) is 2.95. The van der Waals surface area contributed by atoms with Gasteiger partial charge in [0.25, 0.3) is 0 Å². The zero-order valence-electron chi connectivity index (χ0n) is 12.8. The highest BCUT2D eigenvalue weighted by atomic mass is 16.6. The Bertz CT molecular complexity index is 711. The molecule has 2 aromatic rings. The molecule has 0 fully saturated rings. The van der Waals surface area contributed by atoms with E-state index in [1.807, 2.05) is 6.92 Å². The molecule has 0 saturated carbocycles. The van der Waals surface area contributed by atoms with Gasteiger partial charge in [-0.2, -0.15) is 9.78 Å². The normalized spacial score (nSPS) is 11.5. The van der Waals surface area contributed by atoms with E-state index >= 15 is 0 Å². The standard InChI is InChI=1S/C15H18N2O4/c1-9-6-12(20-5)11(8-18)10-7-16-17(13(9)10)14(19)21-15(2,3)4/h6-8H,1-5H3. The van der Waals surface area contributed by atoms with Crippen molar-refractivity contribution in [2.45, 2.75) is 33.3 Å². The highest BCUT2D eigenvalue weighted by Crippen LogP contribution is 2.30. The van der Waals surface area contributed by atoms with Crippen molar-refractivity contribution in [1.82, 2.24) is 9.78 Å². The second-order valence-corrected chi connectivity index (χ2v) is 5.73. The predicted octanol–water partition coefficient (Wildman–Crippen LogP) is 2.95. The van der Waals surface area contributed by atoms with Crippen LogP contribution in [0.5, 0.6) is 5.75 Å². The molecule has 6 nitrogen and oxygen atoms in total.